The third-order valence-corrected chi connectivity index (χ3v) is 2.29. The fourth-order valence-electron chi connectivity index (χ4n) is 1.52. The molecule has 0 bridgehead atoms. The van der Waals surface area contributed by atoms with Crippen molar-refractivity contribution >= 4 is 29.2 Å². The molecule has 0 aliphatic rings. The molecule has 0 aliphatic carbocycles. The van der Waals surface area contributed by atoms with Gasteiger partial charge in [-0.3, -0.25) is 5.32 Å². The molecule has 2 aromatic rings. The SMILES string of the molecule is CCOC(=O)Nc1ncnc2c1ncn2C(=O)OCC. The van der Waals surface area contributed by atoms with Crippen molar-refractivity contribution in [1.82, 2.24) is 19.5 Å². The van der Waals surface area contributed by atoms with Crippen LogP contribution in [-0.4, -0.2) is 44.9 Å². The average molecular weight is 279 g/mol. The normalized spacial score (nSPS) is 10.3. The molecule has 20 heavy (non-hydrogen) atoms. The van der Waals surface area contributed by atoms with Crippen LogP contribution in [0.25, 0.3) is 11.2 Å². The quantitative estimate of drug-likeness (QED) is 0.904. The minimum atomic E-state index is -0.654. The molecule has 0 radical (unpaired) electrons. The van der Waals surface area contributed by atoms with E-state index in [1.807, 2.05) is 0 Å². The van der Waals surface area contributed by atoms with E-state index in [4.69, 9.17) is 9.47 Å². The van der Waals surface area contributed by atoms with Crippen molar-refractivity contribution in [2.75, 3.05) is 18.5 Å². The van der Waals surface area contributed by atoms with Crippen molar-refractivity contribution in [1.29, 1.82) is 0 Å². The molecule has 106 valence electrons. The highest BCUT2D eigenvalue weighted by Crippen LogP contribution is 2.17. The Morgan fingerprint density at radius 2 is 1.95 bits per heavy atom. The van der Waals surface area contributed by atoms with Crippen molar-refractivity contribution in [2.45, 2.75) is 13.8 Å². The molecule has 0 fully saturated rings. The van der Waals surface area contributed by atoms with E-state index in [2.05, 4.69) is 20.3 Å². The largest absolute Gasteiger partial charge is 0.450 e. The minimum absolute atomic E-state index is 0.163. The molecule has 0 saturated carbocycles. The summed E-state index contributed by atoms with van der Waals surface area (Å²) in [5.41, 5.74) is 0.513. The van der Waals surface area contributed by atoms with E-state index < -0.39 is 12.2 Å². The number of nitrogens with one attached hydrogen (secondary N) is 1. The minimum Gasteiger partial charge on any atom is -0.450 e. The molecule has 0 saturated heterocycles. The van der Waals surface area contributed by atoms with Gasteiger partial charge in [0.1, 0.15) is 12.7 Å². The van der Waals surface area contributed by atoms with Crippen LogP contribution < -0.4 is 5.32 Å². The molecule has 0 spiro atoms. The summed E-state index contributed by atoms with van der Waals surface area (Å²) >= 11 is 0. The van der Waals surface area contributed by atoms with E-state index >= 15 is 0 Å². The first-order valence-corrected chi connectivity index (χ1v) is 5.96. The van der Waals surface area contributed by atoms with Gasteiger partial charge in [-0.15, -0.1) is 0 Å². The van der Waals surface area contributed by atoms with E-state index in [-0.39, 0.29) is 30.2 Å². The molecular weight excluding hydrogens is 266 g/mol. The predicted molar refractivity (Wildman–Crippen MR) is 68.4 cm³/mol. The number of amides is 1. The first kappa shape index (κ1) is 13.7. The van der Waals surface area contributed by atoms with E-state index in [1.165, 1.54) is 12.7 Å². The van der Waals surface area contributed by atoms with Gasteiger partial charge in [0.25, 0.3) is 0 Å². The first-order valence-electron chi connectivity index (χ1n) is 5.96. The Morgan fingerprint density at radius 1 is 1.20 bits per heavy atom. The maximum absolute atomic E-state index is 11.7. The standard InChI is InChI=1S/C11H13N5O4/c1-3-19-10(17)15-8-7-9(13-5-12-8)16(6-14-7)11(18)20-4-2/h5-6H,3-4H2,1-2H3,(H,12,13,15,17). The van der Waals surface area contributed by atoms with Gasteiger partial charge in [0.15, 0.2) is 17.0 Å². The van der Waals surface area contributed by atoms with Crippen molar-refractivity contribution in [3.63, 3.8) is 0 Å². The predicted octanol–water partition coefficient (Wildman–Crippen LogP) is 1.40. The summed E-state index contributed by atoms with van der Waals surface area (Å²) in [5.74, 6) is 0.163. The van der Waals surface area contributed by atoms with Crippen molar-refractivity contribution in [2.24, 2.45) is 0 Å². The molecule has 2 rings (SSSR count). The third-order valence-electron chi connectivity index (χ3n) is 2.29. The van der Waals surface area contributed by atoms with Crippen molar-refractivity contribution in [3.05, 3.63) is 12.7 Å². The number of aromatic nitrogens is 4. The molecule has 2 heterocycles. The topological polar surface area (TPSA) is 108 Å². The fourth-order valence-corrected chi connectivity index (χ4v) is 1.52. The van der Waals surface area contributed by atoms with Crippen LogP contribution in [0.5, 0.6) is 0 Å². The Bertz CT molecular complexity index is 639. The van der Waals surface area contributed by atoms with Gasteiger partial charge >= 0.3 is 12.2 Å². The number of carbonyl (C=O) groups excluding carboxylic acids is 2. The summed E-state index contributed by atoms with van der Waals surface area (Å²) in [4.78, 5) is 34.9. The molecule has 1 N–H and O–H groups in total. The first-order chi connectivity index (χ1) is 9.67. The van der Waals surface area contributed by atoms with Crippen LogP contribution in [0, 0.1) is 0 Å². The maximum atomic E-state index is 11.7. The summed E-state index contributed by atoms with van der Waals surface area (Å²) in [7, 11) is 0. The zero-order valence-electron chi connectivity index (χ0n) is 11.0. The lowest BCUT2D eigenvalue weighted by Gasteiger charge is -2.05. The van der Waals surface area contributed by atoms with Gasteiger partial charge in [0.05, 0.1) is 13.2 Å². The molecule has 0 aromatic carbocycles. The molecule has 0 unspecified atom stereocenters. The Labute approximate surface area is 113 Å². The highest BCUT2D eigenvalue weighted by molar-refractivity contribution is 5.95. The zero-order chi connectivity index (χ0) is 14.5. The lowest BCUT2D eigenvalue weighted by Crippen LogP contribution is -2.15. The van der Waals surface area contributed by atoms with Gasteiger partial charge in [-0.25, -0.2) is 29.1 Å². The van der Waals surface area contributed by atoms with Crippen molar-refractivity contribution < 1.29 is 19.1 Å². The van der Waals surface area contributed by atoms with Gasteiger partial charge in [-0.2, -0.15) is 0 Å². The summed E-state index contributed by atoms with van der Waals surface area (Å²) in [6.45, 7) is 3.85. The van der Waals surface area contributed by atoms with Gasteiger partial charge in [0, 0.05) is 0 Å². The molecule has 0 aliphatic heterocycles. The second kappa shape index (κ2) is 5.95. The Kier molecular flexibility index (Phi) is 4.08. The summed E-state index contributed by atoms with van der Waals surface area (Å²) in [5, 5.41) is 2.43. The average Bonchev–Trinajstić information content (AvgIpc) is 2.84. The number of carbonyl (C=O) groups is 2. The van der Waals surface area contributed by atoms with Crippen LogP contribution in [0.3, 0.4) is 0 Å². The second-order valence-corrected chi connectivity index (χ2v) is 3.55. The van der Waals surface area contributed by atoms with Gasteiger partial charge in [-0.1, -0.05) is 0 Å². The highest BCUT2D eigenvalue weighted by atomic mass is 16.6. The molecule has 9 nitrogen and oxygen atoms in total. The second-order valence-electron chi connectivity index (χ2n) is 3.55. The molecule has 9 heteroatoms. The van der Waals surface area contributed by atoms with Gasteiger partial charge in [-0.05, 0) is 13.8 Å². The lowest BCUT2D eigenvalue weighted by atomic mass is 10.5. The number of hydrogen-bond donors (Lipinski definition) is 1. The van der Waals surface area contributed by atoms with Crippen LogP contribution in [0.2, 0.25) is 0 Å². The van der Waals surface area contributed by atoms with Crippen LogP contribution in [-0.2, 0) is 9.47 Å². The Morgan fingerprint density at radius 3 is 2.65 bits per heavy atom. The Balaban J connectivity index is 2.34. The highest BCUT2D eigenvalue weighted by Gasteiger charge is 2.16. The number of hydrogen-bond acceptors (Lipinski definition) is 7. The molecule has 1 amide bonds. The fraction of sp³-hybridized carbons (Fsp3) is 0.364. The Hall–Kier alpha value is -2.71. The summed E-state index contributed by atoms with van der Waals surface area (Å²) in [6.07, 6.45) is 1.21. The van der Waals surface area contributed by atoms with E-state index in [1.54, 1.807) is 13.8 Å². The smallest absolute Gasteiger partial charge is 0.420 e. The number of imidazole rings is 1. The van der Waals surface area contributed by atoms with Crippen LogP contribution in [0.15, 0.2) is 12.7 Å². The molecule has 0 atom stereocenters. The van der Waals surface area contributed by atoms with Crippen LogP contribution in [0.1, 0.15) is 13.8 Å². The van der Waals surface area contributed by atoms with Gasteiger partial charge in [0.2, 0.25) is 0 Å². The molecule has 2 aromatic heterocycles. The third kappa shape index (κ3) is 2.66. The maximum Gasteiger partial charge on any atom is 0.420 e. The van der Waals surface area contributed by atoms with E-state index in [0.29, 0.717) is 0 Å². The number of ether oxygens (including phenoxy) is 2. The number of anilines is 1. The summed E-state index contributed by atoms with van der Waals surface area (Å²) < 4.78 is 10.8. The zero-order valence-corrected chi connectivity index (χ0v) is 11.0. The van der Waals surface area contributed by atoms with E-state index in [9.17, 15) is 9.59 Å². The van der Waals surface area contributed by atoms with Crippen LogP contribution >= 0.6 is 0 Å². The lowest BCUT2D eigenvalue weighted by molar-refractivity contribution is 0.154. The number of fused-ring (bicyclic) bond motifs is 1. The summed E-state index contributed by atoms with van der Waals surface area (Å²) in [6, 6.07) is 0. The van der Waals surface area contributed by atoms with Crippen molar-refractivity contribution in [3.8, 4) is 0 Å². The number of rotatable bonds is 3. The van der Waals surface area contributed by atoms with E-state index in [0.717, 1.165) is 4.57 Å². The molecular formula is C11H13N5O4. The van der Waals surface area contributed by atoms with Gasteiger partial charge < -0.3 is 9.47 Å². The monoisotopic (exact) mass is 279 g/mol. The number of nitrogens with zero attached hydrogens (tertiary/aromatic N) is 4. The van der Waals surface area contributed by atoms with Crippen LogP contribution in [0.4, 0.5) is 15.4 Å².